The number of anilines is 2. The molecule has 2 aromatic rings. The van der Waals surface area contributed by atoms with Crippen molar-refractivity contribution in [3.05, 3.63) is 71.6 Å². The van der Waals surface area contributed by atoms with Crippen molar-refractivity contribution in [2.24, 2.45) is 0 Å². The van der Waals surface area contributed by atoms with Gasteiger partial charge < -0.3 is 20.6 Å². The van der Waals surface area contributed by atoms with Crippen molar-refractivity contribution in [1.82, 2.24) is 10.2 Å². The zero-order valence-corrected chi connectivity index (χ0v) is 15.9. The van der Waals surface area contributed by atoms with E-state index in [0.717, 1.165) is 12.1 Å². The Morgan fingerprint density at radius 1 is 1.24 bits per heavy atom. The maximum atomic E-state index is 14.5. The molecule has 1 fully saturated rings. The smallest absolute Gasteiger partial charge is 0.256 e. The van der Waals surface area contributed by atoms with Gasteiger partial charge >= 0.3 is 0 Å². The van der Waals surface area contributed by atoms with Crippen LogP contribution in [0.25, 0.3) is 0 Å². The Morgan fingerprint density at radius 3 is 2.62 bits per heavy atom. The van der Waals surface area contributed by atoms with Crippen LogP contribution in [0.15, 0.2) is 43.0 Å². The van der Waals surface area contributed by atoms with E-state index in [0.29, 0.717) is 12.1 Å². The lowest BCUT2D eigenvalue weighted by Gasteiger charge is -2.46. The van der Waals surface area contributed by atoms with E-state index in [4.69, 9.17) is 0 Å². The fourth-order valence-electron chi connectivity index (χ4n) is 3.20. The Hall–Kier alpha value is -2.84. The van der Waals surface area contributed by atoms with Crippen molar-refractivity contribution in [3.63, 3.8) is 0 Å². The molecule has 0 saturated carbocycles. The summed E-state index contributed by atoms with van der Waals surface area (Å²) in [6.07, 6.45) is 1.65. The van der Waals surface area contributed by atoms with Crippen LogP contribution in [0, 0.1) is 24.4 Å². The Morgan fingerprint density at radius 2 is 1.97 bits per heavy atom. The molecule has 0 unspecified atom stereocenters. The minimum atomic E-state index is -1.28. The van der Waals surface area contributed by atoms with E-state index < -0.39 is 34.6 Å². The van der Waals surface area contributed by atoms with Crippen LogP contribution in [0.5, 0.6) is 0 Å². The summed E-state index contributed by atoms with van der Waals surface area (Å²) in [7, 11) is 0. The first-order valence-electron chi connectivity index (χ1n) is 9.08. The van der Waals surface area contributed by atoms with E-state index >= 15 is 0 Å². The summed E-state index contributed by atoms with van der Waals surface area (Å²) < 4.78 is 42.4. The number of carbonyl (C=O) groups is 1. The zero-order valence-electron chi connectivity index (χ0n) is 15.9. The van der Waals surface area contributed by atoms with Crippen LogP contribution in [-0.4, -0.2) is 47.7 Å². The number of hydrogen-bond acceptors (Lipinski definition) is 4. The van der Waals surface area contributed by atoms with E-state index in [1.807, 2.05) is 0 Å². The summed E-state index contributed by atoms with van der Waals surface area (Å²) in [5.41, 5.74) is -1.12. The Balaban J connectivity index is 1.82. The number of rotatable bonds is 7. The first-order chi connectivity index (χ1) is 13.7. The van der Waals surface area contributed by atoms with Gasteiger partial charge in [0.2, 0.25) is 0 Å². The molecule has 1 aliphatic heterocycles. The molecule has 1 saturated heterocycles. The predicted octanol–water partition coefficient (Wildman–Crippen LogP) is 3.12. The third-order valence-electron chi connectivity index (χ3n) is 4.71. The minimum absolute atomic E-state index is 0.0350. The van der Waals surface area contributed by atoms with Gasteiger partial charge in [0.1, 0.15) is 11.4 Å². The molecule has 0 radical (unpaired) electrons. The molecule has 8 heteroatoms. The van der Waals surface area contributed by atoms with Gasteiger partial charge in [-0.15, -0.1) is 6.58 Å². The van der Waals surface area contributed by atoms with Gasteiger partial charge in [-0.2, -0.15) is 0 Å². The highest BCUT2D eigenvalue weighted by Crippen LogP contribution is 2.31. The molecule has 0 aromatic heterocycles. The van der Waals surface area contributed by atoms with Crippen LogP contribution in [0.3, 0.4) is 0 Å². The first kappa shape index (κ1) is 20.9. The van der Waals surface area contributed by atoms with Crippen LogP contribution >= 0.6 is 0 Å². The molecule has 1 aliphatic rings. The van der Waals surface area contributed by atoms with Crippen LogP contribution in [0.4, 0.5) is 24.5 Å². The predicted molar refractivity (Wildman–Crippen MR) is 105 cm³/mol. The van der Waals surface area contributed by atoms with Crippen molar-refractivity contribution in [2.75, 3.05) is 31.5 Å². The van der Waals surface area contributed by atoms with Crippen LogP contribution in [0.2, 0.25) is 0 Å². The number of β-amino-alcohol motifs (C(OH)–C–C–N with tert-alkyl or cyclic N) is 1. The van der Waals surface area contributed by atoms with Gasteiger partial charge in [-0.25, -0.2) is 13.2 Å². The molecule has 29 heavy (non-hydrogen) atoms. The summed E-state index contributed by atoms with van der Waals surface area (Å²) in [5, 5.41) is 15.9. The molecule has 154 valence electrons. The normalized spacial score (nSPS) is 15.0. The molecule has 1 amide bonds. The second-order valence-electron chi connectivity index (χ2n) is 7.20. The maximum Gasteiger partial charge on any atom is 0.256 e. The van der Waals surface area contributed by atoms with Gasteiger partial charge in [-0.3, -0.25) is 4.79 Å². The highest BCUT2D eigenvalue weighted by Gasteiger charge is 2.44. The number of likely N-dealkylation sites (tertiary alicyclic amines) is 1. The molecule has 0 aliphatic carbocycles. The van der Waals surface area contributed by atoms with Gasteiger partial charge in [0.25, 0.3) is 5.91 Å². The topological polar surface area (TPSA) is 64.6 Å². The highest BCUT2D eigenvalue weighted by molar-refractivity contribution is 6.01. The van der Waals surface area contributed by atoms with Crippen molar-refractivity contribution in [3.8, 4) is 0 Å². The van der Waals surface area contributed by atoms with Crippen molar-refractivity contribution < 1.29 is 23.1 Å². The lowest BCUT2D eigenvalue weighted by molar-refractivity contribution is -0.0780. The Kier molecular flexibility index (Phi) is 5.95. The van der Waals surface area contributed by atoms with Gasteiger partial charge in [0.05, 0.1) is 30.0 Å². The molecule has 2 aromatic carbocycles. The lowest BCUT2D eigenvalue weighted by atomic mass is 9.92. The van der Waals surface area contributed by atoms with E-state index in [1.165, 1.54) is 17.0 Å². The summed E-state index contributed by atoms with van der Waals surface area (Å²) in [6.45, 7) is 6.11. The average molecular weight is 405 g/mol. The van der Waals surface area contributed by atoms with Crippen LogP contribution in [0.1, 0.15) is 15.9 Å². The third-order valence-corrected chi connectivity index (χ3v) is 4.71. The molecule has 3 rings (SSSR count). The summed E-state index contributed by atoms with van der Waals surface area (Å²) in [4.78, 5) is 14.1. The molecule has 3 N–H and O–H groups in total. The molecule has 1 heterocycles. The molecule has 0 atom stereocenters. The van der Waals surface area contributed by atoms with E-state index in [9.17, 15) is 23.1 Å². The quantitative estimate of drug-likeness (QED) is 0.489. The number of halogens is 3. The average Bonchev–Trinajstić information content (AvgIpc) is 2.65. The van der Waals surface area contributed by atoms with Gasteiger partial charge in [0, 0.05) is 13.1 Å². The second kappa shape index (κ2) is 8.26. The number of hydrogen-bond donors (Lipinski definition) is 3. The van der Waals surface area contributed by atoms with Crippen molar-refractivity contribution in [2.45, 2.75) is 12.5 Å². The Bertz CT molecular complexity index is 943. The van der Waals surface area contributed by atoms with E-state index in [2.05, 4.69) is 17.2 Å². The van der Waals surface area contributed by atoms with Crippen LogP contribution < -0.4 is 10.6 Å². The van der Waals surface area contributed by atoms with Gasteiger partial charge in [0.15, 0.2) is 11.6 Å². The third kappa shape index (κ3) is 4.44. The molecule has 0 spiro atoms. The number of nitrogens with zero attached hydrogens (tertiary/aromatic N) is 1. The number of aryl methyl sites for hydroxylation is 1. The SMILES string of the molecule is C=CCNCC1(O)CN(C(=O)c2ccc(F)c(F)c2Nc2ccc(C)cc2F)C1. The lowest BCUT2D eigenvalue weighted by Crippen LogP contribution is -2.67. The van der Waals surface area contributed by atoms with Crippen molar-refractivity contribution >= 4 is 17.3 Å². The van der Waals surface area contributed by atoms with Crippen LogP contribution in [-0.2, 0) is 0 Å². The molecular formula is C21H22F3N3O2. The largest absolute Gasteiger partial charge is 0.385 e. The number of benzene rings is 2. The first-order valence-corrected chi connectivity index (χ1v) is 9.08. The van der Waals surface area contributed by atoms with Gasteiger partial charge in [-0.1, -0.05) is 12.1 Å². The number of carbonyl (C=O) groups excluding carboxylic acids is 1. The summed E-state index contributed by atoms with van der Waals surface area (Å²) in [6, 6.07) is 6.22. The minimum Gasteiger partial charge on any atom is -0.385 e. The Labute approximate surface area is 166 Å². The van der Waals surface area contributed by atoms with E-state index in [1.54, 1.807) is 19.1 Å². The van der Waals surface area contributed by atoms with Gasteiger partial charge in [-0.05, 0) is 36.8 Å². The fourth-order valence-corrected chi connectivity index (χ4v) is 3.20. The monoisotopic (exact) mass is 405 g/mol. The summed E-state index contributed by atoms with van der Waals surface area (Å²) in [5.74, 6) is -3.68. The highest BCUT2D eigenvalue weighted by atomic mass is 19.2. The standard InChI is InChI=1S/C21H22F3N3O2/c1-3-8-25-10-21(29)11-27(12-21)20(28)14-5-6-15(22)18(24)19(14)26-17-7-4-13(2)9-16(17)23/h3-7,9,25-26,29H,1,8,10-12H2,2H3. The second-order valence-corrected chi connectivity index (χ2v) is 7.20. The fraction of sp³-hybridized carbons (Fsp3) is 0.286. The van der Waals surface area contributed by atoms with Crippen molar-refractivity contribution in [1.29, 1.82) is 0 Å². The van der Waals surface area contributed by atoms with E-state index in [-0.39, 0.29) is 30.9 Å². The number of nitrogens with one attached hydrogen (secondary N) is 2. The summed E-state index contributed by atoms with van der Waals surface area (Å²) >= 11 is 0. The molecule has 5 nitrogen and oxygen atoms in total. The molecule has 0 bridgehead atoms. The number of aliphatic hydroxyl groups is 1. The number of amides is 1. The zero-order chi connectivity index (χ0) is 21.2. The maximum absolute atomic E-state index is 14.5. The molecular weight excluding hydrogens is 383 g/mol.